The molecule has 7 nitrogen and oxygen atoms in total. The topological polar surface area (TPSA) is 74.2 Å². The van der Waals surface area contributed by atoms with Crippen LogP contribution in [0.15, 0.2) is 60.9 Å². The van der Waals surface area contributed by atoms with E-state index in [1.54, 1.807) is 17.3 Å². The van der Waals surface area contributed by atoms with Crippen LogP contribution in [0, 0.1) is 11.6 Å². The fraction of sp³-hybridized carbons (Fsp3) is 0.182. The fourth-order valence-corrected chi connectivity index (χ4v) is 3.21. The second kappa shape index (κ2) is 9.29. The van der Waals surface area contributed by atoms with Crippen molar-refractivity contribution in [3.8, 4) is 0 Å². The van der Waals surface area contributed by atoms with E-state index in [2.05, 4.69) is 20.5 Å². The van der Waals surface area contributed by atoms with Crippen molar-refractivity contribution in [1.82, 2.24) is 20.1 Å². The average Bonchev–Trinajstić information content (AvgIpc) is 2.81. The summed E-state index contributed by atoms with van der Waals surface area (Å²) in [6.45, 7) is 2.17. The van der Waals surface area contributed by atoms with E-state index < -0.39 is 11.6 Å². The lowest BCUT2D eigenvalue weighted by Gasteiger charge is -2.34. The molecule has 2 aromatic heterocycles. The summed E-state index contributed by atoms with van der Waals surface area (Å²) < 4.78 is 26.9. The smallest absolute Gasteiger partial charge is 0.246 e. The Balaban J connectivity index is 1.31. The van der Waals surface area contributed by atoms with Gasteiger partial charge in [0, 0.05) is 44.0 Å². The predicted octanol–water partition coefficient (Wildman–Crippen LogP) is 3.26. The van der Waals surface area contributed by atoms with Crippen LogP contribution in [0.4, 0.5) is 26.1 Å². The molecule has 1 aromatic carbocycles. The standard InChI is InChI=1S/C22H20F2N6O/c23-17-4-5-19(24)16(14-17)3-8-22(31)30-12-10-29(11-13-30)21-7-6-20(27-28-21)26-18-2-1-9-25-15-18/h1-9,14-15H,10-13H2,(H,26,27)/b8-3+. The maximum atomic E-state index is 13.7. The summed E-state index contributed by atoms with van der Waals surface area (Å²) in [7, 11) is 0. The zero-order chi connectivity index (χ0) is 21.6. The lowest BCUT2D eigenvalue weighted by Crippen LogP contribution is -2.48. The van der Waals surface area contributed by atoms with Crippen LogP contribution in [0.25, 0.3) is 6.08 Å². The van der Waals surface area contributed by atoms with Gasteiger partial charge >= 0.3 is 0 Å². The maximum Gasteiger partial charge on any atom is 0.246 e. The third-order valence-corrected chi connectivity index (χ3v) is 4.86. The molecular weight excluding hydrogens is 402 g/mol. The Morgan fingerprint density at radius 3 is 2.58 bits per heavy atom. The highest BCUT2D eigenvalue weighted by molar-refractivity contribution is 5.92. The highest BCUT2D eigenvalue weighted by Crippen LogP contribution is 2.17. The first kappa shape index (κ1) is 20.4. The molecule has 1 aliphatic heterocycles. The van der Waals surface area contributed by atoms with Crippen LogP contribution >= 0.6 is 0 Å². The van der Waals surface area contributed by atoms with E-state index in [0.29, 0.717) is 32.0 Å². The van der Waals surface area contributed by atoms with Gasteiger partial charge in [0.2, 0.25) is 5.91 Å². The quantitative estimate of drug-likeness (QED) is 0.637. The molecule has 1 fully saturated rings. The number of amides is 1. The van der Waals surface area contributed by atoms with Crippen LogP contribution in [0.2, 0.25) is 0 Å². The molecule has 0 saturated carbocycles. The zero-order valence-electron chi connectivity index (χ0n) is 16.6. The van der Waals surface area contributed by atoms with Crippen molar-refractivity contribution in [2.24, 2.45) is 0 Å². The Morgan fingerprint density at radius 2 is 1.87 bits per heavy atom. The molecule has 9 heteroatoms. The van der Waals surface area contributed by atoms with Crippen molar-refractivity contribution in [2.45, 2.75) is 0 Å². The van der Waals surface area contributed by atoms with Crippen molar-refractivity contribution in [2.75, 3.05) is 36.4 Å². The van der Waals surface area contributed by atoms with Crippen molar-refractivity contribution in [1.29, 1.82) is 0 Å². The van der Waals surface area contributed by atoms with Crippen molar-refractivity contribution in [3.63, 3.8) is 0 Å². The van der Waals surface area contributed by atoms with Crippen LogP contribution in [0.3, 0.4) is 0 Å². The number of aromatic nitrogens is 3. The number of hydrogen-bond acceptors (Lipinski definition) is 6. The van der Waals surface area contributed by atoms with Crippen LogP contribution in [0.5, 0.6) is 0 Å². The van der Waals surface area contributed by atoms with E-state index in [4.69, 9.17) is 0 Å². The number of anilines is 3. The number of hydrogen-bond donors (Lipinski definition) is 1. The predicted molar refractivity (Wildman–Crippen MR) is 114 cm³/mol. The van der Waals surface area contributed by atoms with Crippen molar-refractivity contribution >= 4 is 29.3 Å². The molecule has 1 N–H and O–H groups in total. The van der Waals surface area contributed by atoms with E-state index in [0.717, 1.165) is 29.7 Å². The van der Waals surface area contributed by atoms with Gasteiger partial charge in [0.15, 0.2) is 11.6 Å². The first-order valence-corrected chi connectivity index (χ1v) is 9.76. The van der Waals surface area contributed by atoms with E-state index in [-0.39, 0.29) is 11.5 Å². The first-order chi connectivity index (χ1) is 15.1. The molecular formula is C22H20F2N6O. The molecule has 0 unspecified atom stereocenters. The molecule has 1 amide bonds. The SMILES string of the molecule is O=C(/C=C/c1cc(F)ccc1F)N1CCN(c2ccc(Nc3cccnc3)nn2)CC1. The van der Waals surface area contributed by atoms with Gasteiger partial charge in [-0.05, 0) is 48.5 Å². The number of nitrogens with one attached hydrogen (secondary N) is 1. The van der Waals surface area contributed by atoms with Crippen LogP contribution < -0.4 is 10.2 Å². The zero-order valence-corrected chi connectivity index (χ0v) is 16.6. The van der Waals surface area contributed by atoms with Gasteiger partial charge in [-0.2, -0.15) is 0 Å². The molecule has 1 saturated heterocycles. The second-order valence-corrected chi connectivity index (χ2v) is 6.95. The largest absolute Gasteiger partial charge is 0.352 e. The van der Waals surface area contributed by atoms with Gasteiger partial charge in [-0.15, -0.1) is 10.2 Å². The maximum absolute atomic E-state index is 13.7. The Hall–Kier alpha value is -3.88. The molecule has 0 bridgehead atoms. The number of halogens is 2. The number of benzene rings is 1. The van der Waals surface area contributed by atoms with Gasteiger partial charge < -0.3 is 15.1 Å². The Morgan fingerprint density at radius 1 is 1.03 bits per heavy atom. The number of nitrogens with zero attached hydrogens (tertiary/aromatic N) is 5. The van der Waals surface area contributed by atoms with E-state index in [1.165, 1.54) is 12.2 Å². The molecule has 3 aromatic rings. The number of rotatable bonds is 5. The third kappa shape index (κ3) is 5.19. The molecule has 4 rings (SSSR count). The molecule has 3 heterocycles. The normalized spacial score (nSPS) is 14.1. The third-order valence-electron chi connectivity index (χ3n) is 4.86. The fourth-order valence-electron chi connectivity index (χ4n) is 3.21. The minimum absolute atomic E-state index is 0.0437. The summed E-state index contributed by atoms with van der Waals surface area (Å²) in [5.41, 5.74) is 0.866. The van der Waals surface area contributed by atoms with Crippen LogP contribution in [-0.2, 0) is 4.79 Å². The van der Waals surface area contributed by atoms with E-state index in [9.17, 15) is 13.6 Å². The van der Waals surface area contributed by atoms with Gasteiger partial charge in [-0.25, -0.2) is 8.78 Å². The molecule has 158 valence electrons. The summed E-state index contributed by atoms with van der Waals surface area (Å²) >= 11 is 0. The minimum Gasteiger partial charge on any atom is -0.352 e. The van der Waals surface area contributed by atoms with Gasteiger partial charge in [0.1, 0.15) is 11.6 Å². The van der Waals surface area contributed by atoms with Gasteiger partial charge in [0.05, 0.1) is 11.9 Å². The van der Waals surface area contributed by atoms with Gasteiger partial charge in [-0.1, -0.05) is 0 Å². The number of pyridine rings is 1. The van der Waals surface area contributed by atoms with Crippen LogP contribution in [-0.4, -0.2) is 52.2 Å². The molecule has 31 heavy (non-hydrogen) atoms. The average molecular weight is 422 g/mol. The minimum atomic E-state index is -0.574. The summed E-state index contributed by atoms with van der Waals surface area (Å²) in [5.74, 6) is -0.0351. The van der Waals surface area contributed by atoms with Crippen molar-refractivity contribution < 1.29 is 13.6 Å². The summed E-state index contributed by atoms with van der Waals surface area (Å²) in [5, 5.41) is 11.6. The summed E-state index contributed by atoms with van der Waals surface area (Å²) in [4.78, 5) is 20.1. The number of carbonyl (C=O) groups excluding carboxylic acids is 1. The van der Waals surface area contributed by atoms with E-state index >= 15 is 0 Å². The summed E-state index contributed by atoms with van der Waals surface area (Å²) in [6.07, 6.45) is 5.96. The highest BCUT2D eigenvalue weighted by Gasteiger charge is 2.21. The lowest BCUT2D eigenvalue weighted by atomic mass is 10.2. The Kier molecular flexibility index (Phi) is 6.11. The summed E-state index contributed by atoms with van der Waals surface area (Å²) in [6, 6.07) is 10.6. The van der Waals surface area contributed by atoms with Gasteiger partial charge in [-0.3, -0.25) is 9.78 Å². The van der Waals surface area contributed by atoms with E-state index in [1.807, 2.05) is 29.2 Å². The molecule has 0 spiro atoms. The van der Waals surface area contributed by atoms with Crippen LogP contribution in [0.1, 0.15) is 5.56 Å². The highest BCUT2D eigenvalue weighted by atomic mass is 19.1. The first-order valence-electron chi connectivity index (χ1n) is 9.76. The van der Waals surface area contributed by atoms with Gasteiger partial charge in [0.25, 0.3) is 0 Å². The molecule has 1 aliphatic rings. The lowest BCUT2D eigenvalue weighted by molar-refractivity contribution is -0.126. The second-order valence-electron chi connectivity index (χ2n) is 6.95. The molecule has 0 aliphatic carbocycles. The Bertz CT molecular complexity index is 1070. The van der Waals surface area contributed by atoms with Crippen molar-refractivity contribution in [3.05, 3.63) is 78.1 Å². The monoisotopic (exact) mass is 422 g/mol. The molecule has 0 atom stereocenters. The number of piperazine rings is 1. The Labute approximate surface area is 178 Å². The number of carbonyl (C=O) groups is 1. The molecule has 0 radical (unpaired) electrons.